The minimum Gasteiger partial charge on any atom is -0.477 e. The summed E-state index contributed by atoms with van der Waals surface area (Å²) in [5.74, 6) is -0.968. The summed E-state index contributed by atoms with van der Waals surface area (Å²) in [6.45, 7) is 6.27. The van der Waals surface area contributed by atoms with Gasteiger partial charge in [-0.25, -0.2) is 9.79 Å². The number of aromatic nitrogens is 2. The minimum absolute atomic E-state index is 0.0766. The number of aliphatic carboxylic acids is 1. The molecule has 2 aromatic rings. The molecule has 0 aliphatic carbocycles. The third-order valence-electron chi connectivity index (χ3n) is 4.74. The van der Waals surface area contributed by atoms with Crippen molar-refractivity contribution in [3.8, 4) is 0 Å². The highest BCUT2D eigenvalue weighted by Crippen LogP contribution is 2.50. The van der Waals surface area contributed by atoms with E-state index in [0.29, 0.717) is 17.2 Å². The number of carbonyl (C=O) groups excluding carboxylic acids is 1. The molecule has 0 radical (unpaired) electrons. The van der Waals surface area contributed by atoms with Crippen LogP contribution in [0.1, 0.15) is 20.8 Å². The lowest BCUT2D eigenvalue weighted by atomic mass is 9.86. The Balaban J connectivity index is 1.73. The first-order valence-electron chi connectivity index (χ1n) is 9.26. The zero-order valence-electron chi connectivity index (χ0n) is 16.6. The fraction of sp³-hybridized carbons (Fsp3) is 0.350. The van der Waals surface area contributed by atoms with Gasteiger partial charge in [0, 0.05) is 11.0 Å². The van der Waals surface area contributed by atoms with Gasteiger partial charge in [0.25, 0.3) is 5.91 Å². The normalized spacial score (nSPS) is 22.8. The molecule has 2 atom stereocenters. The summed E-state index contributed by atoms with van der Waals surface area (Å²) in [4.78, 5) is 31.1. The van der Waals surface area contributed by atoms with Gasteiger partial charge in [0.15, 0.2) is 0 Å². The van der Waals surface area contributed by atoms with E-state index in [2.05, 4.69) is 35.4 Å². The maximum atomic E-state index is 12.9. The van der Waals surface area contributed by atoms with Crippen molar-refractivity contribution in [2.45, 2.75) is 35.6 Å². The zero-order valence-corrected chi connectivity index (χ0v) is 19.1. The highest BCUT2D eigenvalue weighted by atomic mass is 32.2. The van der Waals surface area contributed by atoms with Crippen LogP contribution in [0, 0.1) is 5.41 Å². The number of rotatable bonds is 5. The highest BCUT2D eigenvalue weighted by Gasteiger charge is 2.55. The second-order valence-electron chi connectivity index (χ2n) is 7.95. The molecule has 1 fully saturated rings. The topological polar surface area (TPSA) is 95.8 Å². The number of carboxylic acid groups (broad SMARTS) is 1. The van der Waals surface area contributed by atoms with Gasteiger partial charge in [-0.2, -0.15) is 0 Å². The van der Waals surface area contributed by atoms with Crippen molar-refractivity contribution in [2.24, 2.45) is 10.4 Å². The van der Waals surface area contributed by atoms with Gasteiger partial charge in [-0.1, -0.05) is 43.5 Å². The van der Waals surface area contributed by atoms with Gasteiger partial charge < -0.3 is 5.11 Å². The van der Waals surface area contributed by atoms with Crippen LogP contribution in [-0.4, -0.2) is 53.6 Å². The first-order valence-corrected chi connectivity index (χ1v) is 12.0. The Hall–Kier alpha value is -2.17. The largest absolute Gasteiger partial charge is 0.477 e. The fourth-order valence-electron chi connectivity index (χ4n) is 3.45. The van der Waals surface area contributed by atoms with E-state index in [1.807, 2.05) is 30.3 Å². The van der Waals surface area contributed by atoms with E-state index in [1.165, 1.54) is 28.2 Å². The van der Waals surface area contributed by atoms with Crippen LogP contribution in [0.25, 0.3) is 0 Å². The Kier molecular flexibility index (Phi) is 5.73. The predicted molar refractivity (Wildman–Crippen MR) is 120 cm³/mol. The number of para-hydroxylation sites is 1. The third-order valence-corrected chi connectivity index (χ3v) is 8.58. The first-order chi connectivity index (χ1) is 14.3. The zero-order chi connectivity index (χ0) is 21.5. The van der Waals surface area contributed by atoms with Crippen molar-refractivity contribution < 1.29 is 14.7 Å². The second kappa shape index (κ2) is 8.16. The molecular weight excluding hydrogens is 440 g/mol. The van der Waals surface area contributed by atoms with Gasteiger partial charge in [-0.05, 0) is 34.7 Å². The second-order valence-corrected chi connectivity index (χ2v) is 11.2. The van der Waals surface area contributed by atoms with Crippen LogP contribution in [0.4, 0.5) is 5.69 Å². The number of benzene rings is 1. The van der Waals surface area contributed by atoms with E-state index in [9.17, 15) is 14.7 Å². The average molecular weight is 461 g/mol. The standard InChI is InChI=1S/C20H20N4O3S3/c1-20(2,3)16-12(10-28-13-9-21-23-30-13)15(19(26)27)24-17(25)14(18(24)29-16)22-11-7-5-4-6-8-11/h4-9,16,18H,10H2,1-3H3,(H,26,27)/t16?,18-/m1/s1. The number of β-lactam (4-membered cyclic amide) rings is 1. The predicted octanol–water partition coefficient (Wildman–Crippen LogP) is 4.07. The molecule has 4 rings (SSSR count). The lowest BCUT2D eigenvalue weighted by Gasteiger charge is -2.50. The summed E-state index contributed by atoms with van der Waals surface area (Å²) < 4.78 is 4.77. The van der Waals surface area contributed by atoms with Gasteiger partial charge >= 0.3 is 5.97 Å². The third kappa shape index (κ3) is 3.91. The first kappa shape index (κ1) is 21.1. The molecular formula is C20H20N4O3S3. The van der Waals surface area contributed by atoms with Crippen molar-refractivity contribution in [2.75, 3.05) is 5.75 Å². The van der Waals surface area contributed by atoms with Gasteiger partial charge in [0.2, 0.25) is 0 Å². The number of aliphatic imine (C=N–C) groups is 1. The number of nitrogens with zero attached hydrogens (tertiary/aromatic N) is 4. The number of hydrogen-bond acceptors (Lipinski definition) is 8. The Morgan fingerprint density at radius 1 is 1.30 bits per heavy atom. The molecule has 2 aliphatic rings. The van der Waals surface area contributed by atoms with E-state index < -0.39 is 11.3 Å². The SMILES string of the molecule is CC(C)(C)C1S[C@@H]2C(=Nc3ccccc3)C(=O)N2C(C(=O)O)=C1CSc1cnns1. The van der Waals surface area contributed by atoms with Crippen LogP contribution in [0.5, 0.6) is 0 Å². The molecule has 1 amide bonds. The number of carboxylic acids is 1. The van der Waals surface area contributed by atoms with E-state index in [0.717, 1.165) is 9.78 Å². The number of fused-ring (bicyclic) bond motifs is 1. The van der Waals surface area contributed by atoms with Crippen molar-refractivity contribution in [3.63, 3.8) is 0 Å². The molecule has 0 bridgehead atoms. The van der Waals surface area contributed by atoms with Crippen LogP contribution in [0.2, 0.25) is 0 Å². The van der Waals surface area contributed by atoms with Gasteiger partial charge in [-0.3, -0.25) is 9.69 Å². The lowest BCUT2D eigenvalue weighted by Crippen LogP contribution is -2.64. The quantitative estimate of drug-likeness (QED) is 0.531. The molecule has 156 valence electrons. The van der Waals surface area contributed by atoms with Crippen molar-refractivity contribution in [1.82, 2.24) is 14.5 Å². The van der Waals surface area contributed by atoms with E-state index in [-0.39, 0.29) is 22.3 Å². The van der Waals surface area contributed by atoms with Gasteiger partial charge in [0.1, 0.15) is 21.0 Å². The molecule has 1 saturated heterocycles. The number of hydrogen-bond donors (Lipinski definition) is 1. The number of thioether (sulfide) groups is 2. The van der Waals surface area contributed by atoms with Crippen LogP contribution in [0.3, 0.4) is 0 Å². The lowest BCUT2D eigenvalue weighted by molar-refractivity contribution is -0.139. The summed E-state index contributed by atoms with van der Waals surface area (Å²) in [7, 11) is 0. The summed E-state index contributed by atoms with van der Waals surface area (Å²) in [6.07, 6.45) is 1.67. The van der Waals surface area contributed by atoms with Gasteiger partial charge in [-0.15, -0.1) is 28.6 Å². The van der Waals surface area contributed by atoms with Gasteiger partial charge in [0.05, 0.1) is 11.9 Å². The van der Waals surface area contributed by atoms with Crippen LogP contribution >= 0.6 is 35.1 Å². The Morgan fingerprint density at radius 3 is 2.63 bits per heavy atom. The molecule has 0 saturated carbocycles. The molecule has 1 aromatic heterocycles. The Bertz CT molecular complexity index is 1030. The molecule has 1 aromatic carbocycles. The Labute approximate surface area is 186 Å². The molecule has 3 heterocycles. The molecule has 10 heteroatoms. The van der Waals surface area contributed by atoms with Crippen molar-refractivity contribution in [1.29, 1.82) is 0 Å². The van der Waals surface area contributed by atoms with E-state index in [1.54, 1.807) is 18.0 Å². The molecule has 2 aliphatic heterocycles. The van der Waals surface area contributed by atoms with E-state index in [4.69, 9.17) is 0 Å². The molecule has 1 N–H and O–H groups in total. The van der Waals surface area contributed by atoms with E-state index >= 15 is 0 Å². The fourth-order valence-corrected chi connectivity index (χ4v) is 6.67. The molecule has 0 spiro atoms. The van der Waals surface area contributed by atoms with Crippen molar-refractivity contribution >= 4 is 58.3 Å². The summed E-state index contributed by atoms with van der Waals surface area (Å²) in [5, 5.41) is 13.4. The highest BCUT2D eigenvalue weighted by molar-refractivity contribution is 8.02. The maximum Gasteiger partial charge on any atom is 0.352 e. The smallest absolute Gasteiger partial charge is 0.352 e. The number of amides is 1. The monoisotopic (exact) mass is 460 g/mol. The maximum absolute atomic E-state index is 12.9. The van der Waals surface area contributed by atoms with Crippen molar-refractivity contribution in [3.05, 3.63) is 47.8 Å². The number of carbonyl (C=O) groups is 2. The molecule has 7 nitrogen and oxygen atoms in total. The van der Waals surface area contributed by atoms with Crippen LogP contribution in [0.15, 0.2) is 57.0 Å². The van der Waals surface area contributed by atoms with Crippen LogP contribution in [-0.2, 0) is 9.59 Å². The minimum atomic E-state index is -1.08. The average Bonchev–Trinajstić information content (AvgIpc) is 3.22. The Morgan fingerprint density at radius 2 is 2.03 bits per heavy atom. The summed E-state index contributed by atoms with van der Waals surface area (Å²) in [5.41, 5.74) is 1.73. The summed E-state index contributed by atoms with van der Waals surface area (Å²) in [6, 6.07) is 9.27. The summed E-state index contributed by atoms with van der Waals surface area (Å²) >= 11 is 4.37. The molecule has 1 unspecified atom stereocenters. The molecule has 30 heavy (non-hydrogen) atoms. The van der Waals surface area contributed by atoms with Crippen LogP contribution < -0.4 is 0 Å².